The first-order valence-corrected chi connectivity index (χ1v) is 11.9. The van der Waals surface area contributed by atoms with E-state index in [-0.39, 0.29) is 0 Å². The molecule has 3 aromatic carbocycles. The predicted molar refractivity (Wildman–Crippen MR) is 141 cm³/mol. The number of hydrogen-bond donors (Lipinski definition) is 0. The lowest BCUT2D eigenvalue weighted by Gasteiger charge is -2.24. The summed E-state index contributed by atoms with van der Waals surface area (Å²) in [5.41, 5.74) is 3.05. The van der Waals surface area contributed by atoms with Gasteiger partial charge in [0, 0.05) is 48.7 Å². The Morgan fingerprint density at radius 1 is 0.853 bits per heavy atom. The molecule has 0 saturated carbocycles. The zero-order valence-electron chi connectivity index (χ0n) is 18.8. The van der Waals surface area contributed by atoms with Gasteiger partial charge in [-0.15, -0.1) is 0 Å². The SMILES string of the molecule is Clc1ccc(-c2cc(N(CCCN3C=CC=CC=C3)Cc3cccc4ccccc34)on2)cc1. The first kappa shape index (κ1) is 22.1. The van der Waals surface area contributed by atoms with Crippen LogP contribution in [0.15, 0.2) is 114 Å². The summed E-state index contributed by atoms with van der Waals surface area (Å²) in [6, 6.07) is 24.7. The minimum absolute atomic E-state index is 0.705. The summed E-state index contributed by atoms with van der Waals surface area (Å²) in [6.45, 7) is 2.49. The van der Waals surface area contributed by atoms with Gasteiger partial charge in [-0.05, 0) is 47.0 Å². The zero-order chi connectivity index (χ0) is 23.2. The van der Waals surface area contributed by atoms with Crippen LogP contribution in [0, 0.1) is 0 Å². The molecule has 34 heavy (non-hydrogen) atoms. The summed E-state index contributed by atoms with van der Waals surface area (Å²) < 4.78 is 5.85. The number of aromatic nitrogens is 1. The Labute approximate surface area is 205 Å². The average Bonchev–Trinajstić information content (AvgIpc) is 3.21. The molecular weight excluding hydrogens is 442 g/mol. The van der Waals surface area contributed by atoms with Crippen molar-refractivity contribution in [3.8, 4) is 11.3 Å². The molecule has 170 valence electrons. The molecule has 0 amide bonds. The van der Waals surface area contributed by atoms with E-state index in [1.54, 1.807) is 0 Å². The lowest BCUT2D eigenvalue weighted by atomic mass is 10.0. The number of fused-ring (bicyclic) bond motifs is 1. The first-order chi connectivity index (χ1) is 16.8. The molecule has 1 aliphatic rings. The molecule has 0 atom stereocenters. The molecule has 0 unspecified atom stereocenters. The number of rotatable bonds is 8. The molecule has 0 spiro atoms. The van der Waals surface area contributed by atoms with Gasteiger partial charge in [-0.3, -0.25) is 0 Å². The number of hydrogen-bond acceptors (Lipinski definition) is 4. The fourth-order valence-corrected chi connectivity index (χ4v) is 4.29. The monoisotopic (exact) mass is 467 g/mol. The Kier molecular flexibility index (Phi) is 6.78. The molecule has 5 rings (SSSR count). The third kappa shape index (κ3) is 5.24. The second-order valence-corrected chi connectivity index (χ2v) is 8.71. The lowest BCUT2D eigenvalue weighted by Crippen LogP contribution is -2.26. The molecule has 0 N–H and O–H groups in total. The molecule has 1 aromatic heterocycles. The number of halogens is 1. The van der Waals surface area contributed by atoms with Crippen molar-refractivity contribution >= 4 is 28.3 Å². The van der Waals surface area contributed by atoms with Crippen molar-refractivity contribution in [1.29, 1.82) is 0 Å². The van der Waals surface area contributed by atoms with Crippen LogP contribution in [-0.2, 0) is 6.54 Å². The summed E-state index contributed by atoms with van der Waals surface area (Å²) in [7, 11) is 0. The molecule has 2 heterocycles. The summed E-state index contributed by atoms with van der Waals surface area (Å²) in [5.74, 6) is 0.765. The van der Waals surface area contributed by atoms with E-state index >= 15 is 0 Å². The number of nitrogens with zero attached hydrogens (tertiary/aromatic N) is 3. The smallest absolute Gasteiger partial charge is 0.228 e. The highest BCUT2D eigenvalue weighted by molar-refractivity contribution is 6.30. The predicted octanol–water partition coefficient (Wildman–Crippen LogP) is 7.44. The van der Waals surface area contributed by atoms with Crippen molar-refractivity contribution in [3.05, 3.63) is 120 Å². The number of anilines is 1. The molecule has 1 aliphatic heterocycles. The van der Waals surface area contributed by atoms with E-state index in [9.17, 15) is 0 Å². The molecule has 0 aliphatic carbocycles. The molecule has 4 nitrogen and oxygen atoms in total. The third-order valence-electron chi connectivity index (χ3n) is 5.92. The quantitative estimate of drug-likeness (QED) is 0.269. The third-order valence-corrected chi connectivity index (χ3v) is 6.18. The van der Waals surface area contributed by atoms with Crippen LogP contribution in [0.25, 0.3) is 22.0 Å². The second-order valence-electron chi connectivity index (χ2n) is 8.28. The fraction of sp³-hybridized carbons (Fsp3) is 0.138. The summed E-state index contributed by atoms with van der Waals surface area (Å²) in [4.78, 5) is 4.48. The maximum absolute atomic E-state index is 6.05. The van der Waals surface area contributed by atoms with E-state index in [1.807, 2.05) is 42.5 Å². The van der Waals surface area contributed by atoms with Gasteiger partial charge in [0.2, 0.25) is 5.88 Å². The van der Waals surface area contributed by atoms with Crippen molar-refractivity contribution < 1.29 is 4.52 Å². The molecule has 5 heteroatoms. The summed E-state index contributed by atoms with van der Waals surface area (Å²) in [6.07, 6.45) is 13.4. The Hall–Kier alpha value is -3.76. The van der Waals surface area contributed by atoms with Crippen LogP contribution < -0.4 is 4.90 Å². The Balaban J connectivity index is 1.39. The molecular formula is C29H26ClN3O. The normalized spacial score (nSPS) is 12.9. The van der Waals surface area contributed by atoms with Crippen LogP contribution in [-0.4, -0.2) is 23.1 Å². The van der Waals surface area contributed by atoms with Crippen molar-refractivity contribution in [1.82, 2.24) is 10.1 Å². The van der Waals surface area contributed by atoms with Gasteiger partial charge in [-0.1, -0.05) is 83.5 Å². The van der Waals surface area contributed by atoms with Crippen molar-refractivity contribution in [2.75, 3.05) is 18.0 Å². The minimum Gasteiger partial charge on any atom is -0.354 e. The molecule has 0 fully saturated rings. The molecule has 4 aromatic rings. The van der Waals surface area contributed by atoms with Crippen LogP contribution in [0.5, 0.6) is 0 Å². The van der Waals surface area contributed by atoms with Gasteiger partial charge >= 0.3 is 0 Å². The van der Waals surface area contributed by atoms with E-state index in [0.29, 0.717) is 5.02 Å². The van der Waals surface area contributed by atoms with Crippen molar-refractivity contribution in [3.63, 3.8) is 0 Å². The number of benzene rings is 3. The first-order valence-electron chi connectivity index (χ1n) is 11.5. The van der Waals surface area contributed by atoms with Gasteiger partial charge in [-0.25, -0.2) is 0 Å². The summed E-state index contributed by atoms with van der Waals surface area (Å²) >= 11 is 6.05. The van der Waals surface area contributed by atoms with Crippen molar-refractivity contribution in [2.24, 2.45) is 0 Å². The highest BCUT2D eigenvalue weighted by Crippen LogP contribution is 2.28. The summed E-state index contributed by atoms with van der Waals surface area (Å²) in [5, 5.41) is 7.56. The van der Waals surface area contributed by atoms with Crippen LogP contribution in [0.1, 0.15) is 12.0 Å². The van der Waals surface area contributed by atoms with Gasteiger partial charge in [0.15, 0.2) is 0 Å². The van der Waals surface area contributed by atoms with Crippen molar-refractivity contribution in [2.45, 2.75) is 13.0 Å². The zero-order valence-corrected chi connectivity index (χ0v) is 19.6. The Morgan fingerprint density at radius 2 is 1.62 bits per heavy atom. The standard InChI is InChI=1S/C29H26ClN3O/c30-26-15-13-24(14-16-26)28-21-29(34-31-28)33(20-8-19-32-17-5-1-2-6-18-32)22-25-11-7-10-23-9-3-4-12-27(23)25/h1-7,9-18,21H,8,19-20,22H2. The van der Waals surface area contributed by atoms with Crippen LogP contribution >= 0.6 is 11.6 Å². The Morgan fingerprint density at radius 3 is 2.44 bits per heavy atom. The van der Waals surface area contributed by atoms with E-state index in [2.05, 4.69) is 82.0 Å². The largest absolute Gasteiger partial charge is 0.354 e. The Bertz CT molecular complexity index is 1320. The maximum atomic E-state index is 6.05. The van der Waals surface area contributed by atoms with Crippen LogP contribution in [0.4, 0.5) is 5.88 Å². The molecule has 0 saturated heterocycles. The lowest BCUT2D eigenvalue weighted by molar-refractivity contribution is 0.411. The topological polar surface area (TPSA) is 32.5 Å². The van der Waals surface area contributed by atoms with Crippen LogP contribution in [0.3, 0.4) is 0 Å². The van der Waals surface area contributed by atoms with E-state index in [0.717, 1.165) is 43.2 Å². The minimum atomic E-state index is 0.705. The van der Waals surface area contributed by atoms with E-state index in [1.165, 1.54) is 16.3 Å². The highest BCUT2D eigenvalue weighted by atomic mass is 35.5. The fourth-order valence-electron chi connectivity index (χ4n) is 4.17. The number of allylic oxidation sites excluding steroid dienone is 4. The van der Waals surface area contributed by atoms with Crippen LogP contribution in [0.2, 0.25) is 5.02 Å². The average molecular weight is 468 g/mol. The second kappa shape index (κ2) is 10.4. The van der Waals surface area contributed by atoms with Gasteiger partial charge in [0.1, 0.15) is 5.69 Å². The molecule has 0 bridgehead atoms. The van der Waals surface area contributed by atoms with E-state index in [4.69, 9.17) is 16.1 Å². The van der Waals surface area contributed by atoms with Gasteiger partial charge in [-0.2, -0.15) is 0 Å². The maximum Gasteiger partial charge on any atom is 0.228 e. The molecule has 0 radical (unpaired) electrons. The van der Waals surface area contributed by atoms with Gasteiger partial charge in [0.05, 0.1) is 0 Å². The highest BCUT2D eigenvalue weighted by Gasteiger charge is 2.16. The van der Waals surface area contributed by atoms with Gasteiger partial charge in [0.25, 0.3) is 0 Å². The van der Waals surface area contributed by atoms with Gasteiger partial charge < -0.3 is 14.3 Å². The van der Waals surface area contributed by atoms with E-state index < -0.39 is 0 Å².